The Hall–Kier alpha value is -5.47. The summed E-state index contributed by atoms with van der Waals surface area (Å²) in [5.74, 6) is 0.406. The molecule has 0 bridgehead atoms. The van der Waals surface area contributed by atoms with Crippen molar-refractivity contribution in [2.24, 2.45) is 0 Å². The van der Waals surface area contributed by atoms with E-state index in [0.29, 0.717) is 16.9 Å². The van der Waals surface area contributed by atoms with Gasteiger partial charge >= 0.3 is 0 Å². The van der Waals surface area contributed by atoms with Crippen molar-refractivity contribution in [2.75, 3.05) is 0 Å². The summed E-state index contributed by atoms with van der Waals surface area (Å²) in [6, 6.07) is -0.946. The normalized spacial score (nSPS) is 17.3. The standard InChI is InChI=1S/C41H30N2/c1-2-39-42-37-23-13-14-24-38(37)43(39)41-35-21-11-9-19-33(35)40(34-20-10-12-22-36(34)41)32-26-30(28-15-5-3-6-16-28)25-31(27-32)29-17-7-4-8-18-29/h3-27H,2H2,1H3/i3D,4D,5D,6D,7D,8D,9D,10D,11D,12D,15D,16D,17D,18D,19D,20D,21D,22D. The predicted octanol–water partition coefficient (Wildman–Crippen LogP) is 10.9. The van der Waals surface area contributed by atoms with Crippen LogP contribution < -0.4 is 0 Å². The van der Waals surface area contributed by atoms with Gasteiger partial charge in [-0.15, -0.1) is 0 Å². The van der Waals surface area contributed by atoms with Gasteiger partial charge in [0, 0.05) is 17.2 Å². The lowest BCUT2D eigenvalue weighted by molar-refractivity contribution is 0.917. The zero-order valence-corrected chi connectivity index (χ0v) is 22.6. The molecule has 7 aromatic carbocycles. The number of imidazole rings is 1. The van der Waals surface area contributed by atoms with Crippen LogP contribution in [0.15, 0.2) is 151 Å². The lowest BCUT2D eigenvalue weighted by Crippen LogP contribution is -2.03. The van der Waals surface area contributed by atoms with Gasteiger partial charge in [-0.3, -0.25) is 4.57 Å². The maximum Gasteiger partial charge on any atom is 0.114 e. The average molecular weight is 569 g/mol. The molecule has 0 saturated carbocycles. The molecule has 0 unspecified atom stereocenters. The second-order valence-electron chi connectivity index (χ2n) is 9.73. The van der Waals surface area contributed by atoms with E-state index in [-0.39, 0.29) is 67.0 Å². The summed E-state index contributed by atoms with van der Waals surface area (Å²) < 4.78 is 161. The highest BCUT2D eigenvalue weighted by atomic mass is 15.1. The first-order valence-corrected chi connectivity index (χ1v) is 13.5. The molecule has 0 N–H and O–H groups in total. The lowest BCUT2D eigenvalue weighted by atomic mass is 9.87. The number of hydrogen-bond donors (Lipinski definition) is 0. The maximum absolute atomic E-state index is 9.46. The molecular weight excluding hydrogens is 520 g/mol. The molecule has 2 heteroatoms. The molecule has 0 fully saturated rings. The molecule has 2 nitrogen and oxygen atoms in total. The molecule has 8 rings (SSSR count). The van der Waals surface area contributed by atoms with Gasteiger partial charge in [0.2, 0.25) is 0 Å². The van der Waals surface area contributed by atoms with Gasteiger partial charge in [0.25, 0.3) is 0 Å². The molecule has 204 valence electrons. The van der Waals surface area contributed by atoms with Crippen molar-refractivity contribution in [1.29, 1.82) is 0 Å². The number of rotatable bonds is 5. The Labute approximate surface area is 276 Å². The highest BCUT2D eigenvalue weighted by molar-refractivity contribution is 6.19. The van der Waals surface area contributed by atoms with Gasteiger partial charge in [0.1, 0.15) is 5.82 Å². The molecule has 8 aromatic rings. The van der Waals surface area contributed by atoms with Crippen LogP contribution in [0.2, 0.25) is 0 Å². The van der Waals surface area contributed by atoms with Gasteiger partial charge in [0.05, 0.1) is 41.4 Å². The monoisotopic (exact) mass is 568 g/mol. The highest BCUT2D eigenvalue weighted by Gasteiger charge is 2.21. The Morgan fingerprint density at radius 3 is 1.60 bits per heavy atom. The van der Waals surface area contributed by atoms with Crippen molar-refractivity contribution in [3.05, 3.63) is 157 Å². The fourth-order valence-corrected chi connectivity index (χ4v) is 5.53. The molecule has 0 aliphatic heterocycles. The van der Waals surface area contributed by atoms with E-state index in [1.54, 1.807) is 28.8 Å². The second kappa shape index (κ2) is 10.4. The van der Waals surface area contributed by atoms with Crippen molar-refractivity contribution in [1.82, 2.24) is 9.55 Å². The predicted molar refractivity (Wildman–Crippen MR) is 182 cm³/mol. The third kappa shape index (κ3) is 4.23. The molecular formula is C41H30N2. The number of fused-ring (bicyclic) bond motifs is 3. The fraction of sp³-hybridized carbons (Fsp3) is 0.0488. The van der Waals surface area contributed by atoms with Crippen LogP contribution in [0.5, 0.6) is 0 Å². The lowest BCUT2D eigenvalue weighted by Gasteiger charge is -2.20. The third-order valence-electron chi connectivity index (χ3n) is 7.32. The van der Waals surface area contributed by atoms with Crippen LogP contribution in [0, 0.1) is 0 Å². The smallest absolute Gasteiger partial charge is 0.114 e. The largest absolute Gasteiger partial charge is 0.295 e. The molecule has 43 heavy (non-hydrogen) atoms. The number of benzene rings is 7. The maximum atomic E-state index is 9.46. The van der Waals surface area contributed by atoms with Crippen LogP contribution in [0.25, 0.3) is 71.6 Å². The number of aromatic nitrogens is 2. The molecule has 0 aliphatic rings. The molecule has 0 spiro atoms. The second-order valence-corrected chi connectivity index (χ2v) is 9.73. The zero-order chi connectivity index (χ0) is 44.4. The van der Waals surface area contributed by atoms with Gasteiger partial charge < -0.3 is 0 Å². The average Bonchev–Trinajstić information content (AvgIpc) is 3.63. The summed E-state index contributed by atoms with van der Waals surface area (Å²) >= 11 is 0. The summed E-state index contributed by atoms with van der Waals surface area (Å²) in [6.07, 6.45) is 0.289. The Balaban J connectivity index is 1.71. The number of nitrogens with zero attached hydrogens (tertiary/aromatic N) is 2. The van der Waals surface area contributed by atoms with Crippen LogP contribution in [0.4, 0.5) is 0 Å². The minimum atomic E-state index is -0.700. The van der Waals surface area contributed by atoms with Crippen LogP contribution in [0.1, 0.15) is 37.4 Å². The van der Waals surface area contributed by atoms with Crippen molar-refractivity contribution < 1.29 is 24.7 Å². The van der Waals surface area contributed by atoms with E-state index >= 15 is 0 Å². The number of hydrogen-bond acceptors (Lipinski definition) is 1. The third-order valence-corrected chi connectivity index (χ3v) is 7.32. The van der Waals surface area contributed by atoms with E-state index in [4.69, 9.17) is 24.2 Å². The number of para-hydroxylation sites is 2. The summed E-state index contributed by atoms with van der Waals surface area (Å²) in [4.78, 5) is 4.77. The topological polar surface area (TPSA) is 17.8 Å². The summed E-state index contributed by atoms with van der Waals surface area (Å²) in [7, 11) is 0. The first kappa shape index (κ1) is 12.8. The van der Waals surface area contributed by atoms with Crippen molar-refractivity contribution in [3.63, 3.8) is 0 Å². The van der Waals surface area contributed by atoms with Crippen molar-refractivity contribution in [2.45, 2.75) is 13.3 Å². The molecule has 0 atom stereocenters. The molecule has 0 amide bonds. The first-order valence-electron chi connectivity index (χ1n) is 22.5. The van der Waals surface area contributed by atoms with Gasteiger partial charge in [-0.1, -0.05) is 128 Å². The fourth-order valence-electron chi connectivity index (χ4n) is 5.53. The highest BCUT2D eigenvalue weighted by Crippen LogP contribution is 2.44. The van der Waals surface area contributed by atoms with Crippen molar-refractivity contribution >= 4 is 32.6 Å². The van der Waals surface area contributed by atoms with Gasteiger partial charge in [-0.05, 0) is 74.5 Å². The molecule has 0 aliphatic carbocycles. The first-order chi connectivity index (χ1) is 28.8. The minimum Gasteiger partial charge on any atom is -0.295 e. The van der Waals surface area contributed by atoms with Crippen molar-refractivity contribution in [3.8, 4) is 39.1 Å². The summed E-state index contributed by atoms with van der Waals surface area (Å²) in [6.45, 7) is 1.81. The Kier molecular flexibility index (Phi) is 3.10. The zero-order valence-electron chi connectivity index (χ0n) is 40.6. The van der Waals surface area contributed by atoms with Crippen LogP contribution >= 0.6 is 0 Å². The van der Waals surface area contributed by atoms with Gasteiger partial charge in [0.15, 0.2) is 0 Å². The van der Waals surface area contributed by atoms with Crippen LogP contribution in [0.3, 0.4) is 0 Å². The Morgan fingerprint density at radius 2 is 1.05 bits per heavy atom. The molecule has 0 radical (unpaired) electrons. The summed E-state index contributed by atoms with van der Waals surface area (Å²) in [5.41, 5.74) is -0.268. The van der Waals surface area contributed by atoms with E-state index in [9.17, 15) is 5.48 Å². The van der Waals surface area contributed by atoms with E-state index < -0.39 is 109 Å². The van der Waals surface area contributed by atoms with Gasteiger partial charge in [-0.2, -0.15) is 0 Å². The Morgan fingerprint density at radius 1 is 0.558 bits per heavy atom. The van der Waals surface area contributed by atoms with E-state index in [2.05, 4.69) is 0 Å². The molecule has 0 saturated heterocycles. The quantitative estimate of drug-likeness (QED) is 0.189. The van der Waals surface area contributed by atoms with Gasteiger partial charge in [-0.25, -0.2) is 4.98 Å². The molecule has 1 aromatic heterocycles. The van der Waals surface area contributed by atoms with E-state index in [1.807, 2.05) is 6.92 Å². The Bertz CT molecular complexity index is 3060. The van der Waals surface area contributed by atoms with Crippen LogP contribution in [-0.2, 0) is 6.42 Å². The summed E-state index contributed by atoms with van der Waals surface area (Å²) in [5, 5.41) is -0.755. The molecule has 1 heterocycles. The van der Waals surface area contributed by atoms with E-state index in [0.717, 1.165) is 0 Å². The minimum absolute atomic E-state index is 0.00841. The van der Waals surface area contributed by atoms with E-state index in [1.165, 1.54) is 18.2 Å². The number of aryl methyl sites for hydroxylation is 1. The SMILES string of the molecule is [2H]c1c([2H])c([2H])c(-c2cc(-c3c([2H])c([2H])c([2H])c([2H])c3[2H])cc(-c3c4c([2H])c([2H])c([2H])c([2H])c4c(-n4c(CC)nc5ccccc54)c4c([2H])c([2H])c([2H])c([2H])c34)c2)c([2H])c1[2H]. The van der Waals surface area contributed by atoms with Crippen LogP contribution in [-0.4, -0.2) is 9.55 Å².